The number of hydrogen-bond donors (Lipinski definition) is 3. The van der Waals surface area contributed by atoms with Crippen molar-refractivity contribution in [2.45, 2.75) is 11.8 Å². The number of rotatable bonds is 5. The lowest BCUT2D eigenvalue weighted by molar-refractivity contribution is 0.238. The van der Waals surface area contributed by atoms with Crippen molar-refractivity contribution < 1.29 is 17.9 Å². The summed E-state index contributed by atoms with van der Waals surface area (Å²) >= 11 is 0. The smallest absolute Gasteiger partial charge is 0.242 e. The summed E-state index contributed by atoms with van der Waals surface area (Å²) in [5.74, 6) is -0.998. The van der Waals surface area contributed by atoms with Crippen molar-refractivity contribution in [3.05, 3.63) is 24.0 Å². The normalized spacial score (nSPS) is 13.6. The molecule has 4 N–H and O–H groups in total. The highest BCUT2D eigenvalue weighted by molar-refractivity contribution is 7.89. The molecule has 0 fully saturated rings. The van der Waals surface area contributed by atoms with Gasteiger partial charge in [0.25, 0.3) is 0 Å². The Bertz CT molecular complexity index is 490. The van der Waals surface area contributed by atoms with Gasteiger partial charge in [-0.1, -0.05) is 13.0 Å². The third kappa shape index (κ3) is 3.39. The third-order valence-corrected chi connectivity index (χ3v) is 3.72. The second-order valence-electron chi connectivity index (χ2n) is 3.79. The maximum absolute atomic E-state index is 13.1. The summed E-state index contributed by atoms with van der Waals surface area (Å²) in [5, 5.41) is 8.78. The van der Waals surface area contributed by atoms with E-state index in [1.54, 1.807) is 6.92 Å². The number of nitrogens with one attached hydrogen (secondary N) is 1. The average molecular weight is 262 g/mol. The number of nitrogen functional groups attached to an aromatic ring is 1. The van der Waals surface area contributed by atoms with Gasteiger partial charge in [-0.3, -0.25) is 0 Å². The molecule has 0 bridgehead atoms. The molecule has 0 aliphatic rings. The highest BCUT2D eigenvalue weighted by atomic mass is 32.2. The molecule has 0 aromatic heterocycles. The van der Waals surface area contributed by atoms with Gasteiger partial charge in [0.1, 0.15) is 10.7 Å². The van der Waals surface area contributed by atoms with Crippen molar-refractivity contribution in [2.24, 2.45) is 5.92 Å². The maximum atomic E-state index is 13.1. The van der Waals surface area contributed by atoms with Gasteiger partial charge < -0.3 is 10.8 Å². The van der Waals surface area contributed by atoms with Gasteiger partial charge in [-0.2, -0.15) is 0 Å². The molecule has 0 saturated heterocycles. The number of nitrogens with two attached hydrogens (primary N) is 1. The highest BCUT2D eigenvalue weighted by Gasteiger charge is 2.19. The average Bonchev–Trinajstić information content (AvgIpc) is 2.29. The Morgan fingerprint density at radius 1 is 1.53 bits per heavy atom. The molecule has 5 nitrogen and oxygen atoms in total. The minimum atomic E-state index is -3.84. The molecule has 0 aliphatic carbocycles. The van der Waals surface area contributed by atoms with Crippen molar-refractivity contribution in [1.82, 2.24) is 4.72 Å². The summed E-state index contributed by atoms with van der Waals surface area (Å²) in [5.41, 5.74) is 4.96. The largest absolute Gasteiger partial charge is 0.396 e. The molecule has 7 heteroatoms. The van der Waals surface area contributed by atoms with Crippen LogP contribution in [0.5, 0.6) is 0 Å². The van der Waals surface area contributed by atoms with Crippen LogP contribution in [0.4, 0.5) is 10.1 Å². The Kier molecular flexibility index (Phi) is 4.44. The summed E-state index contributed by atoms with van der Waals surface area (Å²) in [4.78, 5) is -0.289. The molecule has 0 amide bonds. The van der Waals surface area contributed by atoms with Crippen LogP contribution in [-0.4, -0.2) is 26.7 Å². The van der Waals surface area contributed by atoms with Crippen LogP contribution in [0.1, 0.15) is 6.92 Å². The predicted molar refractivity (Wildman–Crippen MR) is 62.3 cm³/mol. The summed E-state index contributed by atoms with van der Waals surface area (Å²) in [6.45, 7) is 1.60. The van der Waals surface area contributed by atoms with Crippen LogP contribution >= 0.6 is 0 Å². The van der Waals surface area contributed by atoms with Crippen molar-refractivity contribution in [3.8, 4) is 0 Å². The second kappa shape index (κ2) is 5.44. The Morgan fingerprint density at radius 2 is 2.18 bits per heavy atom. The van der Waals surface area contributed by atoms with E-state index in [4.69, 9.17) is 10.8 Å². The van der Waals surface area contributed by atoms with Crippen molar-refractivity contribution in [3.63, 3.8) is 0 Å². The minimum absolute atomic E-state index is 0.0643. The molecular weight excluding hydrogens is 247 g/mol. The Morgan fingerprint density at radius 3 is 2.76 bits per heavy atom. The number of para-hydroxylation sites is 1. The Balaban J connectivity index is 2.94. The number of aliphatic hydroxyl groups excluding tert-OH is 1. The molecule has 1 rings (SSSR count). The van der Waals surface area contributed by atoms with E-state index in [1.807, 2.05) is 0 Å². The molecule has 0 saturated carbocycles. The number of hydrogen-bond acceptors (Lipinski definition) is 4. The molecule has 1 aromatic rings. The van der Waals surface area contributed by atoms with Crippen LogP contribution in [0, 0.1) is 11.7 Å². The fourth-order valence-corrected chi connectivity index (χ4v) is 2.45. The van der Waals surface area contributed by atoms with Crippen LogP contribution < -0.4 is 10.5 Å². The van der Waals surface area contributed by atoms with Gasteiger partial charge in [-0.05, 0) is 18.1 Å². The van der Waals surface area contributed by atoms with Crippen LogP contribution in [0.3, 0.4) is 0 Å². The summed E-state index contributed by atoms with van der Waals surface area (Å²) < 4.78 is 38.9. The number of benzene rings is 1. The zero-order valence-electron chi connectivity index (χ0n) is 9.35. The van der Waals surface area contributed by atoms with E-state index in [2.05, 4.69) is 4.72 Å². The first kappa shape index (κ1) is 13.9. The standard InChI is InChI=1S/C10H15FN2O3S/c1-7(6-14)5-13-17(15,16)9-4-2-3-8(11)10(9)12/h2-4,7,13-14H,5-6,12H2,1H3. The van der Waals surface area contributed by atoms with Gasteiger partial charge in [-0.25, -0.2) is 17.5 Å². The fourth-order valence-electron chi connectivity index (χ4n) is 1.15. The lowest BCUT2D eigenvalue weighted by Crippen LogP contribution is -2.30. The first-order valence-electron chi connectivity index (χ1n) is 5.03. The molecule has 96 valence electrons. The zero-order valence-corrected chi connectivity index (χ0v) is 10.2. The minimum Gasteiger partial charge on any atom is -0.396 e. The van der Waals surface area contributed by atoms with Gasteiger partial charge in [0.2, 0.25) is 10.0 Å². The lowest BCUT2D eigenvalue weighted by atomic mass is 10.2. The molecule has 1 aromatic carbocycles. The maximum Gasteiger partial charge on any atom is 0.242 e. The first-order chi connectivity index (χ1) is 7.88. The molecule has 0 heterocycles. The van der Waals surface area contributed by atoms with E-state index in [9.17, 15) is 12.8 Å². The topological polar surface area (TPSA) is 92.4 Å². The molecule has 17 heavy (non-hydrogen) atoms. The predicted octanol–water partition coefficient (Wildman–Crippen LogP) is 0.315. The van der Waals surface area contributed by atoms with E-state index < -0.39 is 21.5 Å². The van der Waals surface area contributed by atoms with Crippen LogP contribution in [0.15, 0.2) is 23.1 Å². The van der Waals surface area contributed by atoms with E-state index in [-0.39, 0.29) is 24.0 Å². The second-order valence-corrected chi connectivity index (χ2v) is 5.53. The number of sulfonamides is 1. The van der Waals surface area contributed by atoms with E-state index in [0.717, 1.165) is 6.07 Å². The van der Waals surface area contributed by atoms with Crippen molar-refractivity contribution in [2.75, 3.05) is 18.9 Å². The van der Waals surface area contributed by atoms with Gasteiger partial charge in [0.05, 0.1) is 5.69 Å². The number of aliphatic hydroxyl groups is 1. The van der Waals surface area contributed by atoms with Gasteiger partial charge in [0.15, 0.2) is 0 Å². The highest BCUT2D eigenvalue weighted by Crippen LogP contribution is 2.20. The van der Waals surface area contributed by atoms with Crippen molar-refractivity contribution >= 4 is 15.7 Å². The van der Waals surface area contributed by atoms with Gasteiger partial charge >= 0.3 is 0 Å². The van der Waals surface area contributed by atoms with Crippen molar-refractivity contribution in [1.29, 1.82) is 0 Å². The first-order valence-corrected chi connectivity index (χ1v) is 6.51. The molecule has 0 spiro atoms. The summed E-state index contributed by atoms with van der Waals surface area (Å²) in [6, 6.07) is 3.59. The fraction of sp³-hybridized carbons (Fsp3) is 0.400. The van der Waals surface area contributed by atoms with Crippen LogP contribution in [-0.2, 0) is 10.0 Å². The third-order valence-electron chi connectivity index (χ3n) is 2.24. The van der Waals surface area contributed by atoms with E-state index in [1.165, 1.54) is 12.1 Å². The monoisotopic (exact) mass is 262 g/mol. The lowest BCUT2D eigenvalue weighted by Gasteiger charge is -2.12. The number of halogens is 1. The van der Waals surface area contributed by atoms with Crippen LogP contribution in [0.2, 0.25) is 0 Å². The van der Waals surface area contributed by atoms with Crippen LogP contribution in [0.25, 0.3) is 0 Å². The SMILES string of the molecule is CC(CO)CNS(=O)(=O)c1cccc(F)c1N. The quantitative estimate of drug-likeness (QED) is 0.666. The summed E-state index contributed by atoms with van der Waals surface area (Å²) in [6.07, 6.45) is 0. The molecule has 1 unspecified atom stereocenters. The Labute approximate surface area is 99.5 Å². The van der Waals surface area contributed by atoms with Gasteiger partial charge in [0, 0.05) is 13.2 Å². The number of anilines is 1. The molecular formula is C10H15FN2O3S. The molecule has 0 aliphatic heterocycles. The van der Waals surface area contributed by atoms with E-state index >= 15 is 0 Å². The van der Waals surface area contributed by atoms with Gasteiger partial charge in [-0.15, -0.1) is 0 Å². The zero-order chi connectivity index (χ0) is 13.1. The Hall–Kier alpha value is -1.18. The summed E-state index contributed by atoms with van der Waals surface area (Å²) in [7, 11) is -3.84. The van der Waals surface area contributed by atoms with E-state index in [0.29, 0.717) is 0 Å². The molecule has 0 radical (unpaired) electrons. The molecule has 1 atom stereocenters.